The second kappa shape index (κ2) is 8.29. The molecule has 0 bridgehead atoms. The van der Waals surface area contributed by atoms with Crippen LogP contribution in [0.15, 0.2) is 12.4 Å². The molecule has 1 aromatic rings. The summed E-state index contributed by atoms with van der Waals surface area (Å²) in [5, 5.41) is 7.97. The highest BCUT2D eigenvalue weighted by Gasteiger charge is 2.11. The highest BCUT2D eigenvalue weighted by atomic mass is 15.3. The van der Waals surface area contributed by atoms with Gasteiger partial charge in [0, 0.05) is 24.3 Å². The quantitative estimate of drug-likeness (QED) is 0.666. The average molecular weight is 237 g/mol. The molecule has 0 aliphatic rings. The third-order valence-corrected chi connectivity index (χ3v) is 3.06. The molecule has 0 aliphatic heterocycles. The zero-order chi connectivity index (χ0) is 12.5. The van der Waals surface area contributed by atoms with Gasteiger partial charge < -0.3 is 5.32 Å². The number of aryl methyl sites for hydroxylation is 1. The largest absolute Gasteiger partial charge is 0.310 e. The summed E-state index contributed by atoms with van der Waals surface area (Å²) >= 11 is 0. The van der Waals surface area contributed by atoms with Gasteiger partial charge in [-0.25, -0.2) is 0 Å². The standard InChI is InChI=1S/C14H27N3/c1-4-7-8-9-14(15-6-3)13-11-16-17(12-13)10-5-2/h11-12,14-15H,4-10H2,1-3H3. The van der Waals surface area contributed by atoms with Gasteiger partial charge in [0.15, 0.2) is 0 Å². The molecule has 1 aromatic heterocycles. The van der Waals surface area contributed by atoms with E-state index in [1.807, 2.05) is 6.20 Å². The van der Waals surface area contributed by atoms with Gasteiger partial charge in [-0.1, -0.05) is 40.0 Å². The van der Waals surface area contributed by atoms with E-state index in [4.69, 9.17) is 0 Å². The SMILES string of the molecule is CCCCCC(NCC)c1cnn(CCC)c1. The molecule has 0 aliphatic carbocycles. The van der Waals surface area contributed by atoms with Gasteiger partial charge in [-0.3, -0.25) is 4.68 Å². The first-order chi connectivity index (χ1) is 8.31. The van der Waals surface area contributed by atoms with E-state index >= 15 is 0 Å². The molecule has 0 radical (unpaired) electrons. The molecule has 0 spiro atoms. The molecule has 98 valence electrons. The van der Waals surface area contributed by atoms with Crippen molar-refractivity contribution in [3.8, 4) is 0 Å². The number of nitrogens with zero attached hydrogens (tertiary/aromatic N) is 2. The van der Waals surface area contributed by atoms with Gasteiger partial charge >= 0.3 is 0 Å². The predicted octanol–water partition coefficient (Wildman–Crippen LogP) is 3.52. The second-order valence-electron chi connectivity index (χ2n) is 4.64. The summed E-state index contributed by atoms with van der Waals surface area (Å²) in [7, 11) is 0. The fourth-order valence-corrected chi connectivity index (χ4v) is 2.14. The minimum absolute atomic E-state index is 0.483. The van der Waals surface area contributed by atoms with Crippen molar-refractivity contribution in [2.45, 2.75) is 65.5 Å². The van der Waals surface area contributed by atoms with E-state index in [1.165, 1.54) is 31.2 Å². The van der Waals surface area contributed by atoms with Crippen LogP contribution in [-0.2, 0) is 6.54 Å². The minimum Gasteiger partial charge on any atom is -0.310 e. The van der Waals surface area contributed by atoms with Gasteiger partial charge in [-0.15, -0.1) is 0 Å². The third-order valence-electron chi connectivity index (χ3n) is 3.06. The molecule has 0 amide bonds. The lowest BCUT2D eigenvalue weighted by molar-refractivity contribution is 0.485. The summed E-state index contributed by atoms with van der Waals surface area (Å²) in [5.41, 5.74) is 1.34. The summed E-state index contributed by atoms with van der Waals surface area (Å²) in [6, 6.07) is 0.483. The molecular formula is C14H27N3. The van der Waals surface area contributed by atoms with Crippen LogP contribution in [-0.4, -0.2) is 16.3 Å². The van der Waals surface area contributed by atoms with Crippen LogP contribution in [0.4, 0.5) is 0 Å². The molecule has 1 rings (SSSR count). The predicted molar refractivity (Wildman–Crippen MR) is 73.1 cm³/mol. The van der Waals surface area contributed by atoms with Crippen molar-refractivity contribution < 1.29 is 0 Å². The third kappa shape index (κ3) is 4.90. The maximum Gasteiger partial charge on any atom is 0.0537 e. The summed E-state index contributed by atoms with van der Waals surface area (Å²) in [6.45, 7) is 8.65. The number of unbranched alkanes of at least 4 members (excludes halogenated alkanes) is 2. The summed E-state index contributed by atoms with van der Waals surface area (Å²) in [4.78, 5) is 0. The van der Waals surface area contributed by atoms with Crippen LogP contribution in [0.2, 0.25) is 0 Å². The molecule has 17 heavy (non-hydrogen) atoms. The molecule has 1 N–H and O–H groups in total. The van der Waals surface area contributed by atoms with Gasteiger partial charge in [-0.2, -0.15) is 5.10 Å². The molecule has 0 saturated heterocycles. The average Bonchev–Trinajstić information content (AvgIpc) is 2.77. The normalized spacial score (nSPS) is 12.9. The summed E-state index contributed by atoms with van der Waals surface area (Å²) in [6.07, 6.45) is 10.5. The fraction of sp³-hybridized carbons (Fsp3) is 0.786. The van der Waals surface area contributed by atoms with Crippen molar-refractivity contribution in [1.82, 2.24) is 15.1 Å². The first kappa shape index (κ1) is 14.2. The molecule has 0 fully saturated rings. The van der Waals surface area contributed by atoms with Crippen LogP contribution in [0.1, 0.15) is 64.5 Å². The van der Waals surface area contributed by atoms with Crippen LogP contribution in [0.25, 0.3) is 0 Å². The maximum absolute atomic E-state index is 4.41. The number of hydrogen-bond acceptors (Lipinski definition) is 2. The van der Waals surface area contributed by atoms with Crippen LogP contribution < -0.4 is 5.32 Å². The molecule has 1 heterocycles. The first-order valence-electron chi connectivity index (χ1n) is 7.07. The fourth-order valence-electron chi connectivity index (χ4n) is 2.14. The Kier molecular flexibility index (Phi) is 6.94. The number of nitrogens with one attached hydrogen (secondary N) is 1. The number of hydrogen-bond donors (Lipinski definition) is 1. The molecule has 0 saturated carbocycles. The van der Waals surface area contributed by atoms with E-state index in [0.29, 0.717) is 6.04 Å². The van der Waals surface area contributed by atoms with Gasteiger partial charge in [0.05, 0.1) is 6.20 Å². The van der Waals surface area contributed by atoms with E-state index < -0.39 is 0 Å². The maximum atomic E-state index is 4.41. The lowest BCUT2D eigenvalue weighted by Crippen LogP contribution is -2.20. The Morgan fingerprint density at radius 2 is 2.06 bits per heavy atom. The van der Waals surface area contributed by atoms with Crippen LogP contribution in [0, 0.1) is 0 Å². The highest BCUT2D eigenvalue weighted by Crippen LogP contribution is 2.19. The lowest BCUT2D eigenvalue weighted by atomic mass is 10.0. The van der Waals surface area contributed by atoms with Gasteiger partial charge in [0.25, 0.3) is 0 Å². The molecular weight excluding hydrogens is 210 g/mol. The van der Waals surface area contributed by atoms with Crippen molar-refractivity contribution >= 4 is 0 Å². The molecule has 3 nitrogen and oxygen atoms in total. The Labute approximate surface area is 106 Å². The topological polar surface area (TPSA) is 29.9 Å². The van der Waals surface area contributed by atoms with Crippen molar-refractivity contribution in [2.24, 2.45) is 0 Å². The highest BCUT2D eigenvalue weighted by molar-refractivity contribution is 5.10. The van der Waals surface area contributed by atoms with Crippen molar-refractivity contribution in [2.75, 3.05) is 6.54 Å². The number of rotatable bonds is 9. The Hall–Kier alpha value is -0.830. The van der Waals surface area contributed by atoms with Gasteiger partial charge in [0.2, 0.25) is 0 Å². The molecule has 0 aromatic carbocycles. The van der Waals surface area contributed by atoms with Crippen LogP contribution in [0.5, 0.6) is 0 Å². The summed E-state index contributed by atoms with van der Waals surface area (Å²) in [5.74, 6) is 0. The van der Waals surface area contributed by atoms with E-state index in [-0.39, 0.29) is 0 Å². The Balaban J connectivity index is 2.54. The van der Waals surface area contributed by atoms with Crippen molar-refractivity contribution in [1.29, 1.82) is 0 Å². The number of aromatic nitrogens is 2. The Morgan fingerprint density at radius 3 is 2.71 bits per heavy atom. The second-order valence-corrected chi connectivity index (χ2v) is 4.64. The molecule has 1 atom stereocenters. The lowest BCUT2D eigenvalue weighted by Gasteiger charge is -2.15. The van der Waals surface area contributed by atoms with Crippen LogP contribution >= 0.6 is 0 Å². The zero-order valence-corrected chi connectivity index (χ0v) is 11.6. The van der Waals surface area contributed by atoms with E-state index in [0.717, 1.165) is 19.5 Å². The van der Waals surface area contributed by atoms with Crippen molar-refractivity contribution in [3.63, 3.8) is 0 Å². The zero-order valence-electron chi connectivity index (χ0n) is 11.6. The summed E-state index contributed by atoms with van der Waals surface area (Å²) < 4.78 is 2.06. The van der Waals surface area contributed by atoms with E-state index in [1.54, 1.807) is 0 Å². The Bertz CT molecular complexity index is 293. The molecule has 1 unspecified atom stereocenters. The van der Waals surface area contributed by atoms with Gasteiger partial charge in [-0.05, 0) is 19.4 Å². The van der Waals surface area contributed by atoms with E-state index in [2.05, 4.69) is 42.1 Å². The smallest absolute Gasteiger partial charge is 0.0537 e. The Morgan fingerprint density at radius 1 is 1.24 bits per heavy atom. The van der Waals surface area contributed by atoms with Crippen molar-refractivity contribution in [3.05, 3.63) is 18.0 Å². The monoisotopic (exact) mass is 237 g/mol. The van der Waals surface area contributed by atoms with Crippen LogP contribution in [0.3, 0.4) is 0 Å². The minimum atomic E-state index is 0.483. The molecule has 3 heteroatoms. The van der Waals surface area contributed by atoms with Gasteiger partial charge in [0.1, 0.15) is 0 Å². The van der Waals surface area contributed by atoms with E-state index in [9.17, 15) is 0 Å². The first-order valence-corrected chi connectivity index (χ1v) is 7.07.